The number of ether oxygens (including phenoxy) is 1. The molecule has 2 heterocycles. The van der Waals surface area contributed by atoms with E-state index in [1.54, 1.807) is 25.1 Å². The van der Waals surface area contributed by atoms with Crippen LogP contribution in [0.2, 0.25) is 0 Å². The standard InChI is InChI=1S/C26H31N3O8.C2H6O.2C2H6/c1-17(2)12-14-36-20-7-6-18(16-26(35)37-29-24(33)10-11-25(29)34)15-19(20)27-21(30)5-3-4-13-28-22(31)8-9-23(28)32;1-2-3;2*1-2/h6-9,15,17H,3-5,10-14,16H2,1-2H3,(H,27,30);3H,2H2,1H3;2*1-2H3. The highest BCUT2D eigenvalue weighted by Gasteiger charge is 2.32. The molecule has 3 rings (SSSR count). The Labute approximate surface area is 260 Å². The molecule has 246 valence electrons. The van der Waals surface area contributed by atoms with Crippen LogP contribution in [0.15, 0.2) is 30.4 Å². The number of nitrogens with zero attached hydrogens (tertiary/aromatic N) is 2. The van der Waals surface area contributed by atoms with Gasteiger partial charge in [-0.3, -0.25) is 28.9 Å². The van der Waals surface area contributed by atoms with Gasteiger partial charge in [0.05, 0.1) is 18.7 Å². The van der Waals surface area contributed by atoms with Crippen molar-refractivity contribution in [2.45, 2.75) is 93.4 Å². The van der Waals surface area contributed by atoms with Crippen molar-refractivity contribution in [2.24, 2.45) is 5.92 Å². The normalized spacial score (nSPS) is 13.5. The molecule has 0 bridgehead atoms. The molecule has 2 aliphatic heterocycles. The van der Waals surface area contributed by atoms with Crippen LogP contribution < -0.4 is 10.1 Å². The predicted octanol–water partition coefficient (Wildman–Crippen LogP) is 4.35. The highest BCUT2D eigenvalue weighted by atomic mass is 16.7. The van der Waals surface area contributed by atoms with Gasteiger partial charge in [0, 0.05) is 44.6 Å². The fourth-order valence-electron chi connectivity index (χ4n) is 3.69. The molecule has 0 atom stereocenters. The van der Waals surface area contributed by atoms with Crippen molar-refractivity contribution < 1.29 is 43.4 Å². The Morgan fingerprint density at radius 2 is 1.52 bits per heavy atom. The molecule has 0 saturated carbocycles. The summed E-state index contributed by atoms with van der Waals surface area (Å²) in [6.07, 6.45) is 4.12. The Balaban J connectivity index is 0.00000244. The zero-order chi connectivity index (χ0) is 33.7. The van der Waals surface area contributed by atoms with E-state index < -0.39 is 17.8 Å². The van der Waals surface area contributed by atoms with Gasteiger partial charge in [0.1, 0.15) is 5.75 Å². The maximum absolute atomic E-state index is 12.6. The third kappa shape index (κ3) is 14.4. The van der Waals surface area contributed by atoms with Gasteiger partial charge in [0.15, 0.2) is 0 Å². The smallest absolute Gasteiger partial charge is 0.337 e. The summed E-state index contributed by atoms with van der Waals surface area (Å²) in [5.74, 6) is -2.04. The van der Waals surface area contributed by atoms with E-state index in [2.05, 4.69) is 19.2 Å². The molecule has 0 radical (unpaired) electrons. The van der Waals surface area contributed by atoms with Gasteiger partial charge in [-0.15, -0.1) is 5.06 Å². The SMILES string of the molecule is CC.CC.CC(C)CCOc1ccc(CC(=O)ON2C(=O)CCC2=O)cc1NC(=O)CCCCN1C(=O)C=CC1=O.CCO. The van der Waals surface area contributed by atoms with E-state index in [9.17, 15) is 28.8 Å². The molecule has 0 unspecified atom stereocenters. The number of hydrogen-bond donors (Lipinski definition) is 2. The van der Waals surface area contributed by atoms with Crippen LogP contribution in [0.5, 0.6) is 5.75 Å². The van der Waals surface area contributed by atoms with Crippen molar-refractivity contribution in [3.63, 3.8) is 0 Å². The van der Waals surface area contributed by atoms with E-state index in [1.165, 1.54) is 12.2 Å². The van der Waals surface area contributed by atoms with Crippen molar-refractivity contribution in [3.8, 4) is 5.75 Å². The lowest BCUT2D eigenvalue weighted by Crippen LogP contribution is -2.32. The number of unbranched alkanes of at least 4 members (excludes halogenated alkanes) is 1. The topological polar surface area (TPSA) is 160 Å². The highest BCUT2D eigenvalue weighted by Crippen LogP contribution is 2.27. The number of hydrogen-bond acceptors (Lipinski definition) is 9. The maximum Gasteiger partial charge on any atom is 0.337 e. The molecule has 12 heteroatoms. The molecule has 1 saturated heterocycles. The first-order valence-corrected chi connectivity index (χ1v) is 15.3. The van der Waals surface area contributed by atoms with Crippen molar-refractivity contribution >= 4 is 41.2 Å². The first-order chi connectivity index (χ1) is 21.0. The number of carbonyl (C=O) groups excluding carboxylic acids is 6. The number of aliphatic hydroxyl groups is 1. The number of anilines is 1. The minimum Gasteiger partial charge on any atom is -0.491 e. The molecule has 1 fully saturated rings. The number of imide groups is 2. The summed E-state index contributed by atoms with van der Waals surface area (Å²) in [6, 6.07) is 4.88. The summed E-state index contributed by atoms with van der Waals surface area (Å²) in [4.78, 5) is 77.6. The zero-order valence-corrected chi connectivity index (χ0v) is 27.1. The van der Waals surface area contributed by atoms with Crippen LogP contribution >= 0.6 is 0 Å². The van der Waals surface area contributed by atoms with Crippen LogP contribution in [0, 0.1) is 5.92 Å². The lowest BCUT2D eigenvalue weighted by molar-refractivity contribution is -0.197. The Morgan fingerprint density at radius 3 is 2.07 bits per heavy atom. The van der Waals surface area contributed by atoms with E-state index >= 15 is 0 Å². The molecular weight excluding hydrogens is 570 g/mol. The molecule has 2 aliphatic rings. The van der Waals surface area contributed by atoms with Gasteiger partial charge in [-0.1, -0.05) is 47.6 Å². The maximum atomic E-state index is 12.6. The minimum atomic E-state index is -0.783. The van der Waals surface area contributed by atoms with Crippen LogP contribution in [-0.4, -0.2) is 70.3 Å². The van der Waals surface area contributed by atoms with Gasteiger partial charge in [-0.2, -0.15) is 0 Å². The van der Waals surface area contributed by atoms with Crippen LogP contribution in [0.1, 0.15) is 92.6 Å². The van der Waals surface area contributed by atoms with E-state index in [1.807, 2.05) is 27.7 Å². The molecule has 0 aromatic heterocycles. The Morgan fingerprint density at radius 1 is 0.955 bits per heavy atom. The number of amides is 5. The second-order valence-corrected chi connectivity index (χ2v) is 9.57. The number of nitrogens with one attached hydrogen (secondary N) is 1. The fourth-order valence-corrected chi connectivity index (χ4v) is 3.69. The number of carbonyl (C=O) groups is 6. The summed E-state index contributed by atoms with van der Waals surface area (Å²) in [5.41, 5.74) is 0.871. The molecular formula is C32H49N3O9. The summed E-state index contributed by atoms with van der Waals surface area (Å²) in [7, 11) is 0. The molecule has 5 amide bonds. The molecule has 0 aliphatic carbocycles. The van der Waals surface area contributed by atoms with Crippen molar-refractivity contribution in [1.82, 2.24) is 9.96 Å². The molecule has 2 N–H and O–H groups in total. The van der Waals surface area contributed by atoms with Gasteiger partial charge < -0.3 is 20.0 Å². The predicted molar refractivity (Wildman–Crippen MR) is 166 cm³/mol. The third-order valence-electron chi connectivity index (χ3n) is 5.75. The summed E-state index contributed by atoms with van der Waals surface area (Å²) >= 11 is 0. The summed E-state index contributed by atoms with van der Waals surface area (Å²) in [6.45, 7) is 14.7. The van der Waals surface area contributed by atoms with Crippen molar-refractivity contribution in [3.05, 3.63) is 35.9 Å². The largest absolute Gasteiger partial charge is 0.491 e. The van der Waals surface area contributed by atoms with Crippen LogP contribution in [-0.2, 0) is 40.0 Å². The number of rotatable bonds is 13. The second-order valence-electron chi connectivity index (χ2n) is 9.57. The lowest BCUT2D eigenvalue weighted by atomic mass is 10.1. The van der Waals surface area contributed by atoms with E-state index in [0.717, 1.165) is 11.3 Å². The molecule has 1 aromatic rings. The van der Waals surface area contributed by atoms with Gasteiger partial charge in [0.25, 0.3) is 23.6 Å². The Bertz CT molecular complexity index is 1100. The summed E-state index contributed by atoms with van der Waals surface area (Å²) in [5, 5.41) is 10.9. The molecule has 1 aromatic carbocycles. The average molecular weight is 620 g/mol. The van der Waals surface area contributed by atoms with E-state index in [4.69, 9.17) is 14.7 Å². The van der Waals surface area contributed by atoms with Gasteiger partial charge in [-0.25, -0.2) is 4.79 Å². The van der Waals surface area contributed by atoms with Crippen molar-refractivity contribution in [1.29, 1.82) is 0 Å². The summed E-state index contributed by atoms with van der Waals surface area (Å²) < 4.78 is 5.84. The first-order valence-electron chi connectivity index (χ1n) is 15.3. The molecule has 12 nitrogen and oxygen atoms in total. The number of aliphatic hydroxyl groups excluding tert-OH is 1. The Hall–Kier alpha value is -4.06. The van der Waals surface area contributed by atoms with Crippen LogP contribution in [0.4, 0.5) is 5.69 Å². The van der Waals surface area contributed by atoms with Crippen LogP contribution in [0.3, 0.4) is 0 Å². The average Bonchev–Trinajstić information content (AvgIpc) is 3.49. The highest BCUT2D eigenvalue weighted by molar-refractivity contribution is 6.12. The van der Waals surface area contributed by atoms with Gasteiger partial charge in [-0.05, 0) is 49.8 Å². The quantitative estimate of drug-likeness (QED) is 0.242. The third-order valence-corrected chi connectivity index (χ3v) is 5.75. The molecule has 44 heavy (non-hydrogen) atoms. The Kier molecular flexibility index (Phi) is 20.4. The van der Waals surface area contributed by atoms with Gasteiger partial charge in [0.2, 0.25) is 5.91 Å². The monoisotopic (exact) mass is 619 g/mol. The van der Waals surface area contributed by atoms with Gasteiger partial charge >= 0.3 is 5.97 Å². The fraction of sp³-hybridized carbons (Fsp3) is 0.562. The zero-order valence-electron chi connectivity index (χ0n) is 27.1. The molecule has 0 spiro atoms. The van der Waals surface area contributed by atoms with Crippen LogP contribution in [0.25, 0.3) is 0 Å². The minimum absolute atomic E-state index is 0.00619. The first kappa shape index (κ1) is 39.9. The number of hydroxylamine groups is 2. The lowest BCUT2D eigenvalue weighted by Gasteiger charge is -2.16. The van der Waals surface area contributed by atoms with E-state index in [-0.39, 0.29) is 56.6 Å². The van der Waals surface area contributed by atoms with E-state index in [0.29, 0.717) is 47.4 Å². The second kappa shape index (κ2) is 22.5. The number of benzene rings is 1. The van der Waals surface area contributed by atoms with Crippen molar-refractivity contribution in [2.75, 3.05) is 25.1 Å².